The highest BCUT2D eigenvalue weighted by molar-refractivity contribution is 7.98. The zero-order valence-electron chi connectivity index (χ0n) is 16.3. The molecular weight excluding hydrogens is 394 g/mol. The maximum Gasteiger partial charge on any atom is 0.278 e. The van der Waals surface area contributed by atoms with E-state index in [2.05, 4.69) is 19.9 Å². The third kappa shape index (κ3) is 3.46. The Morgan fingerprint density at radius 3 is 2.72 bits per heavy atom. The van der Waals surface area contributed by atoms with Crippen molar-refractivity contribution in [1.82, 2.24) is 24.5 Å². The molecule has 0 aliphatic carbocycles. The van der Waals surface area contributed by atoms with E-state index >= 15 is 0 Å². The van der Waals surface area contributed by atoms with Gasteiger partial charge in [0.2, 0.25) is 5.89 Å². The zero-order valence-corrected chi connectivity index (χ0v) is 17.2. The van der Waals surface area contributed by atoms with E-state index in [0.717, 1.165) is 17.0 Å². The molecule has 0 unspecified atom stereocenters. The maximum atomic E-state index is 11.9. The minimum atomic E-state index is -0.259. The molecule has 9 nitrogen and oxygen atoms in total. The number of fused-ring (bicyclic) bond motifs is 1. The molecule has 3 heterocycles. The summed E-state index contributed by atoms with van der Waals surface area (Å²) in [5.74, 6) is 3.01. The molecule has 1 N–H and O–H groups in total. The van der Waals surface area contributed by atoms with Gasteiger partial charge < -0.3 is 23.4 Å². The van der Waals surface area contributed by atoms with E-state index in [9.17, 15) is 4.79 Å². The highest BCUT2D eigenvalue weighted by atomic mass is 32.2. The highest BCUT2D eigenvalue weighted by Crippen LogP contribution is 2.33. The van der Waals surface area contributed by atoms with Crippen molar-refractivity contribution in [2.24, 2.45) is 7.05 Å². The Morgan fingerprint density at radius 2 is 2.00 bits per heavy atom. The number of methoxy groups -OCH3 is 2. The number of benzene rings is 1. The van der Waals surface area contributed by atoms with Crippen molar-refractivity contribution in [2.45, 2.75) is 17.8 Å². The molecule has 0 saturated heterocycles. The van der Waals surface area contributed by atoms with Crippen LogP contribution in [0.15, 0.2) is 38.9 Å². The largest absolute Gasteiger partial charge is 0.493 e. The summed E-state index contributed by atoms with van der Waals surface area (Å²) < 4.78 is 18.3. The van der Waals surface area contributed by atoms with Crippen molar-refractivity contribution < 1.29 is 13.9 Å². The van der Waals surface area contributed by atoms with Gasteiger partial charge in [0.05, 0.1) is 26.2 Å². The van der Waals surface area contributed by atoms with Crippen LogP contribution in [0.5, 0.6) is 11.5 Å². The van der Waals surface area contributed by atoms with Crippen LogP contribution in [0.4, 0.5) is 0 Å². The van der Waals surface area contributed by atoms with Crippen molar-refractivity contribution in [3.05, 3.63) is 46.3 Å². The Morgan fingerprint density at radius 1 is 1.21 bits per heavy atom. The van der Waals surface area contributed by atoms with Crippen molar-refractivity contribution in [3.8, 4) is 23.0 Å². The summed E-state index contributed by atoms with van der Waals surface area (Å²) in [6.45, 7) is 1.87. The summed E-state index contributed by atoms with van der Waals surface area (Å²) in [6, 6.07) is 5.50. The predicted molar refractivity (Wildman–Crippen MR) is 108 cm³/mol. The smallest absolute Gasteiger partial charge is 0.278 e. The zero-order chi connectivity index (χ0) is 20.5. The fourth-order valence-electron chi connectivity index (χ4n) is 2.91. The van der Waals surface area contributed by atoms with Gasteiger partial charge in [0, 0.05) is 18.4 Å². The lowest BCUT2D eigenvalue weighted by Crippen LogP contribution is -2.06. The molecule has 29 heavy (non-hydrogen) atoms. The molecule has 0 amide bonds. The number of thioether (sulfide) groups is 1. The van der Waals surface area contributed by atoms with Crippen LogP contribution in [-0.2, 0) is 12.8 Å². The van der Waals surface area contributed by atoms with Crippen LogP contribution in [0.3, 0.4) is 0 Å². The van der Waals surface area contributed by atoms with Crippen LogP contribution in [0.25, 0.3) is 22.6 Å². The van der Waals surface area contributed by atoms with Gasteiger partial charge in [-0.2, -0.15) is 0 Å². The number of hydrogen-bond acceptors (Lipinski definition) is 8. The number of aromatic nitrogens is 5. The standard InChI is InChI=1S/C19H19N5O4S/c1-10-12(8-29-19-23-15-16(24(19)2)20-9-21-17(15)25)22-18(28-10)11-5-6-13(26-3)14(7-11)27-4/h5-7,9H,8H2,1-4H3,(H,20,21,25). The van der Waals surface area contributed by atoms with Gasteiger partial charge in [-0.3, -0.25) is 4.79 Å². The highest BCUT2D eigenvalue weighted by Gasteiger charge is 2.17. The molecule has 0 spiro atoms. The van der Waals surface area contributed by atoms with Gasteiger partial charge in [0.25, 0.3) is 5.56 Å². The van der Waals surface area contributed by atoms with Crippen LogP contribution >= 0.6 is 11.8 Å². The first-order valence-corrected chi connectivity index (χ1v) is 9.72. The van der Waals surface area contributed by atoms with E-state index < -0.39 is 0 Å². The van der Waals surface area contributed by atoms with E-state index in [1.54, 1.807) is 18.8 Å². The van der Waals surface area contributed by atoms with Crippen LogP contribution in [-0.4, -0.2) is 38.7 Å². The van der Waals surface area contributed by atoms with Gasteiger partial charge in [0.15, 0.2) is 27.8 Å². The molecule has 0 atom stereocenters. The van der Waals surface area contributed by atoms with Gasteiger partial charge in [-0.25, -0.2) is 15.0 Å². The number of imidazole rings is 1. The number of nitrogens with one attached hydrogen (secondary N) is 1. The Hall–Kier alpha value is -3.27. The number of oxazole rings is 1. The third-order valence-corrected chi connectivity index (χ3v) is 5.52. The number of H-pyrrole nitrogens is 1. The summed E-state index contributed by atoms with van der Waals surface area (Å²) in [5, 5.41) is 0.680. The number of rotatable bonds is 6. The molecule has 0 fully saturated rings. The second kappa shape index (κ2) is 7.63. The van der Waals surface area contributed by atoms with Crippen LogP contribution < -0.4 is 15.0 Å². The summed E-state index contributed by atoms with van der Waals surface area (Å²) in [5.41, 5.74) is 2.19. The molecule has 3 aromatic heterocycles. The van der Waals surface area contributed by atoms with Gasteiger partial charge in [0.1, 0.15) is 5.76 Å². The topological polar surface area (TPSA) is 108 Å². The van der Waals surface area contributed by atoms with Crippen molar-refractivity contribution in [1.29, 1.82) is 0 Å². The van der Waals surface area contributed by atoms with Gasteiger partial charge >= 0.3 is 0 Å². The van der Waals surface area contributed by atoms with Gasteiger partial charge in [-0.1, -0.05) is 11.8 Å². The summed E-state index contributed by atoms with van der Waals surface area (Å²) in [6.07, 6.45) is 1.37. The first-order valence-electron chi connectivity index (χ1n) is 8.73. The molecule has 4 rings (SSSR count). The van der Waals surface area contributed by atoms with E-state index in [4.69, 9.17) is 13.9 Å². The first-order chi connectivity index (χ1) is 14.0. The Bertz CT molecular complexity index is 1240. The molecule has 1 aromatic carbocycles. The Balaban J connectivity index is 1.59. The molecule has 0 saturated carbocycles. The number of nitrogens with zero attached hydrogens (tertiary/aromatic N) is 4. The number of aromatic amines is 1. The predicted octanol–water partition coefficient (Wildman–Crippen LogP) is 2.93. The number of aryl methyl sites for hydroxylation is 2. The molecule has 0 aliphatic rings. The van der Waals surface area contributed by atoms with Crippen molar-refractivity contribution in [2.75, 3.05) is 14.2 Å². The Kier molecular flexibility index (Phi) is 5.01. The van der Waals surface area contributed by atoms with E-state index in [-0.39, 0.29) is 5.56 Å². The number of hydrogen-bond donors (Lipinski definition) is 1. The van der Waals surface area contributed by atoms with Crippen LogP contribution in [0.1, 0.15) is 11.5 Å². The monoisotopic (exact) mass is 413 g/mol. The van der Waals surface area contributed by atoms with Gasteiger partial charge in [-0.15, -0.1) is 0 Å². The fourth-order valence-corrected chi connectivity index (χ4v) is 3.88. The second-order valence-electron chi connectivity index (χ2n) is 6.24. The minimum Gasteiger partial charge on any atom is -0.493 e. The molecule has 10 heteroatoms. The lowest BCUT2D eigenvalue weighted by atomic mass is 10.2. The van der Waals surface area contributed by atoms with E-state index in [1.807, 2.05) is 32.2 Å². The minimum absolute atomic E-state index is 0.259. The summed E-state index contributed by atoms with van der Waals surface area (Å²) in [7, 11) is 5.00. The Labute approximate surface area is 170 Å². The third-order valence-electron chi connectivity index (χ3n) is 4.48. The van der Waals surface area contributed by atoms with Gasteiger partial charge in [-0.05, 0) is 25.1 Å². The lowest BCUT2D eigenvalue weighted by Gasteiger charge is -2.07. The maximum absolute atomic E-state index is 11.9. The summed E-state index contributed by atoms with van der Waals surface area (Å²) in [4.78, 5) is 27.6. The summed E-state index contributed by atoms with van der Waals surface area (Å²) >= 11 is 1.46. The molecule has 4 aromatic rings. The number of ether oxygens (including phenoxy) is 2. The second-order valence-corrected chi connectivity index (χ2v) is 7.18. The molecule has 0 bridgehead atoms. The fraction of sp³-hybridized carbons (Fsp3) is 0.263. The van der Waals surface area contributed by atoms with Crippen LogP contribution in [0, 0.1) is 6.92 Å². The normalized spacial score (nSPS) is 11.2. The van der Waals surface area contributed by atoms with E-state index in [0.29, 0.717) is 39.5 Å². The van der Waals surface area contributed by atoms with Crippen molar-refractivity contribution >= 4 is 22.9 Å². The average Bonchev–Trinajstić information content (AvgIpc) is 3.26. The molecular formula is C19H19N5O4S. The molecule has 0 radical (unpaired) electrons. The van der Waals surface area contributed by atoms with Crippen molar-refractivity contribution in [3.63, 3.8) is 0 Å². The SMILES string of the molecule is COc1ccc(-c2nc(CSc3nc4c(=O)[nH]cnc4n3C)c(C)o2)cc1OC. The average molecular weight is 413 g/mol. The molecule has 150 valence electrons. The first kappa shape index (κ1) is 19.1. The van der Waals surface area contributed by atoms with E-state index in [1.165, 1.54) is 18.1 Å². The lowest BCUT2D eigenvalue weighted by molar-refractivity contribution is 0.355. The molecule has 0 aliphatic heterocycles. The quantitative estimate of drug-likeness (QED) is 0.481. The van der Waals surface area contributed by atoms with Crippen LogP contribution in [0.2, 0.25) is 0 Å².